The fraction of sp³-hybridized carbons (Fsp3) is 0.579. The molecule has 3 rings (SSSR count). The monoisotopic (exact) mass is 314 g/mol. The fourth-order valence-electron chi connectivity index (χ4n) is 4.20. The van der Waals surface area contributed by atoms with Crippen LogP contribution >= 0.6 is 0 Å². The van der Waals surface area contributed by atoms with Crippen LogP contribution in [0, 0.1) is 12.3 Å². The van der Waals surface area contributed by atoms with Crippen LogP contribution in [0.3, 0.4) is 0 Å². The summed E-state index contributed by atoms with van der Waals surface area (Å²) in [5.74, 6) is -0.451. The summed E-state index contributed by atoms with van der Waals surface area (Å²) < 4.78 is 0. The molecule has 2 saturated carbocycles. The Morgan fingerprint density at radius 1 is 1.09 bits per heavy atom. The first-order valence-electron chi connectivity index (χ1n) is 8.43. The quantitative estimate of drug-likeness (QED) is 0.896. The van der Waals surface area contributed by atoms with Crippen LogP contribution in [-0.4, -0.2) is 17.4 Å². The Bertz CT molecular complexity index is 642. The molecule has 2 aliphatic rings. The number of carbonyl (C=O) groups excluding carboxylic acids is 2. The van der Waals surface area contributed by atoms with E-state index in [0.29, 0.717) is 12.8 Å². The van der Waals surface area contributed by atoms with Crippen molar-refractivity contribution in [3.8, 4) is 0 Å². The third-order valence-corrected chi connectivity index (χ3v) is 5.95. The van der Waals surface area contributed by atoms with Crippen LogP contribution in [0.4, 0.5) is 0 Å². The third-order valence-electron chi connectivity index (χ3n) is 5.95. The van der Waals surface area contributed by atoms with Gasteiger partial charge in [-0.15, -0.1) is 0 Å². The average Bonchev–Trinajstić information content (AvgIpc) is 2.84. The van der Waals surface area contributed by atoms with Crippen LogP contribution in [-0.2, 0) is 15.0 Å². The van der Waals surface area contributed by atoms with Gasteiger partial charge >= 0.3 is 0 Å². The van der Waals surface area contributed by atoms with Gasteiger partial charge in [-0.1, -0.05) is 56.5 Å². The second kappa shape index (κ2) is 5.08. The second-order valence-electron chi connectivity index (χ2n) is 7.94. The first-order valence-corrected chi connectivity index (χ1v) is 8.43. The zero-order valence-corrected chi connectivity index (χ0v) is 14.2. The minimum atomic E-state index is -0.854. The van der Waals surface area contributed by atoms with Crippen LogP contribution in [0.15, 0.2) is 24.3 Å². The molecule has 124 valence electrons. The number of amides is 2. The van der Waals surface area contributed by atoms with Crippen LogP contribution in [0.25, 0.3) is 0 Å². The van der Waals surface area contributed by atoms with Gasteiger partial charge < -0.3 is 11.1 Å². The Morgan fingerprint density at radius 3 is 2.04 bits per heavy atom. The minimum absolute atomic E-state index is 0.0490. The summed E-state index contributed by atoms with van der Waals surface area (Å²) in [6, 6.07) is 8.15. The fourth-order valence-corrected chi connectivity index (χ4v) is 4.20. The van der Waals surface area contributed by atoms with Crippen molar-refractivity contribution in [2.45, 2.75) is 63.8 Å². The van der Waals surface area contributed by atoms with Gasteiger partial charge in [-0.25, -0.2) is 0 Å². The standard InChI is InChI=1S/C19H26N2O2/c1-13-6-8-14(9-7-13)19(12-17(19,2)3)16(23)21-18(15(20)22)10-4-5-11-18/h6-9H,4-5,10-12H2,1-3H3,(H2,20,22)(H,21,23)/t19-/m1/s1. The zero-order chi connectivity index (χ0) is 16.9. The summed E-state index contributed by atoms with van der Waals surface area (Å²) in [6.07, 6.45) is 3.97. The van der Waals surface area contributed by atoms with E-state index in [1.54, 1.807) is 0 Å². The largest absolute Gasteiger partial charge is 0.368 e. The Hall–Kier alpha value is -1.84. The summed E-state index contributed by atoms with van der Waals surface area (Å²) in [6.45, 7) is 6.26. The van der Waals surface area contributed by atoms with Gasteiger partial charge in [-0.05, 0) is 37.2 Å². The number of carbonyl (C=O) groups is 2. The van der Waals surface area contributed by atoms with Gasteiger partial charge in [0.15, 0.2) is 0 Å². The Balaban J connectivity index is 1.92. The maximum Gasteiger partial charge on any atom is 0.243 e. The van der Waals surface area contributed by atoms with Gasteiger partial charge in [0.2, 0.25) is 11.8 Å². The first-order chi connectivity index (χ1) is 10.7. The Kier molecular flexibility index (Phi) is 3.54. The lowest BCUT2D eigenvalue weighted by Crippen LogP contribution is -2.58. The summed E-state index contributed by atoms with van der Waals surface area (Å²) in [7, 11) is 0. The molecule has 2 aliphatic carbocycles. The van der Waals surface area contributed by atoms with Crippen molar-refractivity contribution >= 4 is 11.8 Å². The molecule has 4 heteroatoms. The smallest absolute Gasteiger partial charge is 0.243 e. The number of benzene rings is 1. The number of nitrogens with one attached hydrogen (secondary N) is 1. The van der Waals surface area contributed by atoms with Crippen molar-refractivity contribution < 1.29 is 9.59 Å². The molecule has 0 heterocycles. The number of primary amides is 1. The van der Waals surface area contributed by atoms with Gasteiger partial charge in [-0.3, -0.25) is 9.59 Å². The highest BCUT2D eigenvalue weighted by atomic mass is 16.2. The van der Waals surface area contributed by atoms with E-state index in [0.717, 1.165) is 24.8 Å². The highest BCUT2D eigenvalue weighted by molar-refractivity contribution is 5.98. The number of hydrogen-bond donors (Lipinski definition) is 2. The molecule has 0 aliphatic heterocycles. The second-order valence-corrected chi connectivity index (χ2v) is 7.94. The molecule has 0 bridgehead atoms. The molecular weight excluding hydrogens is 288 g/mol. The van der Waals surface area contributed by atoms with E-state index in [1.165, 1.54) is 5.56 Å². The molecule has 23 heavy (non-hydrogen) atoms. The van der Waals surface area contributed by atoms with Crippen molar-refractivity contribution in [3.05, 3.63) is 35.4 Å². The van der Waals surface area contributed by atoms with Crippen LogP contribution in [0.1, 0.15) is 57.1 Å². The lowest BCUT2D eigenvalue weighted by Gasteiger charge is -2.30. The molecule has 0 radical (unpaired) electrons. The SMILES string of the molecule is Cc1ccc([C@@]2(C(=O)NC3(C(N)=O)CCCC3)CC2(C)C)cc1. The summed E-state index contributed by atoms with van der Waals surface area (Å²) in [5.41, 5.74) is 6.31. The molecule has 1 aromatic rings. The molecule has 0 aromatic heterocycles. The molecule has 2 fully saturated rings. The van der Waals surface area contributed by atoms with E-state index >= 15 is 0 Å². The third kappa shape index (κ3) is 2.35. The highest BCUT2D eigenvalue weighted by Crippen LogP contribution is 2.64. The van der Waals surface area contributed by atoms with E-state index in [4.69, 9.17) is 5.73 Å². The van der Waals surface area contributed by atoms with Crippen LogP contribution in [0.2, 0.25) is 0 Å². The van der Waals surface area contributed by atoms with Crippen molar-refractivity contribution in [1.82, 2.24) is 5.32 Å². The van der Waals surface area contributed by atoms with Gasteiger partial charge in [0.25, 0.3) is 0 Å². The molecule has 4 nitrogen and oxygen atoms in total. The average molecular weight is 314 g/mol. The van der Waals surface area contributed by atoms with E-state index in [9.17, 15) is 9.59 Å². The van der Waals surface area contributed by atoms with Crippen molar-refractivity contribution in [3.63, 3.8) is 0 Å². The van der Waals surface area contributed by atoms with Crippen molar-refractivity contribution in [2.75, 3.05) is 0 Å². The van der Waals surface area contributed by atoms with Crippen molar-refractivity contribution in [1.29, 1.82) is 0 Å². The Morgan fingerprint density at radius 2 is 1.61 bits per heavy atom. The molecule has 0 spiro atoms. The molecular formula is C19H26N2O2. The summed E-state index contributed by atoms with van der Waals surface area (Å²) in [4.78, 5) is 25.1. The molecule has 3 N–H and O–H groups in total. The van der Waals surface area contributed by atoms with E-state index < -0.39 is 16.9 Å². The predicted molar refractivity (Wildman–Crippen MR) is 89.8 cm³/mol. The summed E-state index contributed by atoms with van der Waals surface area (Å²) >= 11 is 0. The minimum Gasteiger partial charge on any atom is -0.368 e. The number of rotatable bonds is 4. The first kappa shape index (κ1) is 16.0. The van der Waals surface area contributed by atoms with Gasteiger partial charge in [0.1, 0.15) is 5.54 Å². The van der Waals surface area contributed by atoms with Crippen LogP contribution in [0.5, 0.6) is 0 Å². The molecule has 0 unspecified atom stereocenters. The zero-order valence-electron chi connectivity index (χ0n) is 14.2. The normalized spacial score (nSPS) is 27.4. The summed E-state index contributed by atoms with van der Waals surface area (Å²) in [5, 5.41) is 3.05. The maximum atomic E-state index is 13.2. The number of hydrogen-bond acceptors (Lipinski definition) is 2. The van der Waals surface area contributed by atoms with Gasteiger partial charge in [-0.2, -0.15) is 0 Å². The Labute approximate surface area is 137 Å². The number of aryl methyl sites for hydroxylation is 1. The number of nitrogens with two attached hydrogens (primary N) is 1. The molecule has 0 saturated heterocycles. The molecule has 1 atom stereocenters. The van der Waals surface area contributed by atoms with Crippen molar-refractivity contribution in [2.24, 2.45) is 11.1 Å². The maximum absolute atomic E-state index is 13.2. The lowest BCUT2D eigenvalue weighted by atomic mass is 9.85. The topological polar surface area (TPSA) is 72.2 Å². The van der Waals surface area contributed by atoms with E-state index in [-0.39, 0.29) is 11.3 Å². The van der Waals surface area contributed by atoms with Gasteiger partial charge in [0, 0.05) is 0 Å². The molecule has 1 aromatic carbocycles. The molecule has 2 amide bonds. The van der Waals surface area contributed by atoms with Gasteiger partial charge in [0.05, 0.1) is 5.41 Å². The lowest BCUT2D eigenvalue weighted by molar-refractivity contribution is -0.133. The van der Waals surface area contributed by atoms with Crippen LogP contribution < -0.4 is 11.1 Å². The van der Waals surface area contributed by atoms with E-state index in [2.05, 4.69) is 19.2 Å². The predicted octanol–water partition coefficient (Wildman–Crippen LogP) is 2.58. The highest BCUT2D eigenvalue weighted by Gasteiger charge is 2.67. The van der Waals surface area contributed by atoms with E-state index in [1.807, 2.05) is 31.2 Å².